The molecule has 144 valence electrons. The highest BCUT2D eigenvalue weighted by molar-refractivity contribution is 6.30. The van der Waals surface area contributed by atoms with E-state index in [0.717, 1.165) is 30.4 Å². The van der Waals surface area contributed by atoms with Crippen molar-refractivity contribution in [3.8, 4) is 0 Å². The Bertz CT molecular complexity index is 732. The smallest absolute Gasteiger partial charge is 0.247 e. The third-order valence-electron chi connectivity index (χ3n) is 4.43. The highest BCUT2D eigenvalue weighted by Gasteiger charge is 2.29. The molecule has 0 unspecified atom stereocenters. The van der Waals surface area contributed by atoms with Gasteiger partial charge < -0.3 is 10.2 Å². The summed E-state index contributed by atoms with van der Waals surface area (Å²) >= 11 is 5.96. The van der Waals surface area contributed by atoms with Gasteiger partial charge in [0.25, 0.3) is 0 Å². The summed E-state index contributed by atoms with van der Waals surface area (Å²) in [6.45, 7) is 4.57. The number of carbonyl (C=O) groups is 2. The van der Waals surface area contributed by atoms with Gasteiger partial charge in [-0.25, -0.2) is 0 Å². The Balaban J connectivity index is 2.26. The number of hydrogen-bond acceptors (Lipinski definition) is 2. The quantitative estimate of drug-likeness (QED) is 0.633. The summed E-state index contributed by atoms with van der Waals surface area (Å²) in [6, 6.07) is 16.1. The minimum Gasteiger partial charge on any atom is -0.354 e. The second-order valence-electron chi connectivity index (χ2n) is 6.58. The van der Waals surface area contributed by atoms with Gasteiger partial charge in [-0.15, -0.1) is 0 Å². The van der Waals surface area contributed by atoms with Gasteiger partial charge >= 0.3 is 0 Å². The van der Waals surface area contributed by atoms with E-state index < -0.39 is 6.04 Å². The zero-order valence-electron chi connectivity index (χ0n) is 16.0. The molecule has 5 heteroatoms. The van der Waals surface area contributed by atoms with Gasteiger partial charge in [0.05, 0.1) is 0 Å². The average Bonchev–Trinajstić information content (AvgIpc) is 2.67. The van der Waals surface area contributed by atoms with Crippen LogP contribution in [-0.4, -0.2) is 23.3 Å². The van der Waals surface area contributed by atoms with Crippen LogP contribution < -0.4 is 5.32 Å². The Hall–Kier alpha value is -2.33. The highest BCUT2D eigenvalue weighted by atomic mass is 35.5. The molecule has 0 aliphatic rings. The summed E-state index contributed by atoms with van der Waals surface area (Å²) in [6.07, 6.45) is 3.09. The molecule has 0 fully saturated rings. The van der Waals surface area contributed by atoms with Crippen molar-refractivity contribution in [2.24, 2.45) is 0 Å². The van der Waals surface area contributed by atoms with Crippen LogP contribution in [0, 0.1) is 0 Å². The molecule has 1 N–H and O–H groups in total. The fraction of sp³-hybridized carbons (Fsp3) is 0.364. The van der Waals surface area contributed by atoms with Gasteiger partial charge in [-0.1, -0.05) is 73.8 Å². The molecule has 0 heterocycles. The average molecular weight is 387 g/mol. The van der Waals surface area contributed by atoms with E-state index >= 15 is 0 Å². The van der Waals surface area contributed by atoms with Crippen molar-refractivity contribution >= 4 is 23.4 Å². The topological polar surface area (TPSA) is 49.4 Å². The monoisotopic (exact) mass is 386 g/mol. The van der Waals surface area contributed by atoms with Crippen molar-refractivity contribution in [2.75, 3.05) is 6.54 Å². The lowest BCUT2D eigenvalue weighted by Crippen LogP contribution is -2.42. The largest absolute Gasteiger partial charge is 0.354 e. The van der Waals surface area contributed by atoms with Crippen LogP contribution >= 0.6 is 11.6 Å². The Morgan fingerprint density at radius 1 is 1.04 bits per heavy atom. The number of unbranched alkanes of at least 4 members (excludes halogenated alkanes) is 2. The fourth-order valence-corrected chi connectivity index (χ4v) is 3.09. The molecule has 0 aromatic heterocycles. The zero-order chi connectivity index (χ0) is 19.6. The molecule has 2 aromatic carbocycles. The lowest BCUT2D eigenvalue weighted by Gasteiger charge is -2.30. The molecule has 0 saturated carbocycles. The molecule has 0 bridgehead atoms. The van der Waals surface area contributed by atoms with Crippen molar-refractivity contribution in [1.29, 1.82) is 0 Å². The third kappa shape index (κ3) is 6.40. The van der Waals surface area contributed by atoms with E-state index in [1.165, 1.54) is 6.92 Å². The lowest BCUT2D eigenvalue weighted by atomic mass is 10.0. The number of nitrogens with zero attached hydrogens (tertiary/aromatic N) is 1. The molecule has 0 saturated heterocycles. The van der Waals surface area contributed by atoms with E-state index in [0.29, 0.717) is 18.1 Å². The third-order valence-corrected chi connectivity index (χ3v) is 4.68. The van der Waals surface area contributed by atoms with Crippen molar-refractivity contribution in [3.63, 3.8) is 0 Å². The van der Waals surface area contributed by atoms with Crippen LogP contribution in [0.15, 0.2) is 54.6 Å². The van der Waals surface area contributed by atoms with E-state index in [1.807, 2.05) is 42.5 Å². The summed E-state index contributed by atoms with van der Waals surface area (Å²) in [5, 5.41) is 3.63. The standard InChI is InChI=1S/C22H27ClN2O2/c1-3-4-8-15-24-22(27)21(19-9-6-5-7-10-19)25(17(2)26)16-18-11-13-20(23)14-12-18/h5-7,9-14,21H,3-4,8,15-16H2,1-2H3,(H,24,27)/t21-/m0/s1. The van der Waals surface area contributed by atoms with Crippen LogP contribution in [0.25, 0.3) is 0 Å². The van der Waals surface area contributed by atoms with Crippen LogP contribution in [0.1, 0.15) is 50.3 Å². The lowest BCUT2D eigenvalue weighted by molar-refractivity contribution is -0.140. The highest BCUT2D eigenvalue weighted by Crippen LogP contribution is 2.24. The van der Waals surface area contributed by atoms with Gasteiger partial charge in [0.2, 0.25) is 11.8 Å². The molecule has 0 radical (unpaired) electrons. The summed E-state index contributed by atoms with van der Waals surface area (Å²) < 4.78 is 0. The van der Waals surface area contributed by atoms with E-state index in [9.17, 15) is 9.59 Å². The number of halogens is 1. The first-order valence-corrected chi connectivity index (χ1v) is 9.75. The molecule has 0 spiro atoms. The molecule has 2 rings (SSSR count). The number of amides is 2. The fourth-order valence-electron chi connectivity index (χ4n) is 2.96. The first-order valence-electron chi connectivity index (χ1n) is 9.37. The number of benzene rings is 2. The Morgan fingerprint density at radius 3 is 2.30 bits per heavy atom. The van der Waals surface area contributed by atoms with E-state index in [-0.39, 0.29) is 11.8 Å². The molecule has 4 nitrogen and oxygen atoms in total. The maximum absolute atomic E-state index is 13.0. The van der Waals surface area contributed by atoms with Crippen LogP contribution in [0.5, 0.6) is 0 Å². The minimum absolute atomic E-state index is 0.150. The predicted octanol–water partition coefficient (Wildman–Crippen LogP) is 4.74. The maximum atomic E-state index is 13.0. The minimum atomic E-state index is -0.666. The predicted molar refractivity (Wildman–Crippen MR) is 109 cm³/mol. The second kappa shape index (κ2) is 10.7. The molecule has 1 atom stereocenters. The summed E-state index contributed by atoms with van der Waals surface area (Å²) in [7, 11) is 0. The Kier molecular flexibility index (Phi) is 8.34. The molecule has 2 amide bonds. The van der Waals surface area contributed by atoms with Gasteiger partial charge in [-0.2, -0.15) is 0 Å². The van der Waals surface area contributed by atoms with Crippen LogP contribution in [0.2, 0.25) is 5.02 Å². The normalized spacial score (nSPS) is 11.7. The number of nitrogens with one attached hydrogen (secondary N) is 1. The van der Waals surface area contributed by atoms with Gasteiger partial charge in [-0.3, -0.25) is 9.59 Å². The SMILES string of the molecule is CCCCCNC(=O)[C@H](c1ccccc1)N(Cc1ccc(Cl)cc1)C(C)=O. The summed E-state index contributed by atoms with van der Waals surface area (Å²) in [4.78, 5) is 27.0. The van der Waals surface area contributed by atoms with Gasteiger partial charge in [0.1, 0.15) is 6.04 Å². The number of hydrogen-bond donors (Lipinski definition) is 1. The van der Waals surface area contributed by atoms with Crippen LogP contribution in [0.3, 0.4) is 0 Å². The molecule has 0 aliphatic heterocycles. The first kappa shape index (κ1) is 21.0. The van der Waals surface area contributed by atoms with Crippen molar-refractivity contribution < 1.29 is 9.59 Å². The van der Waals surface area contributed by atoms with Crippen LogP contribution in [0.4, 0.5) is 0 Å². The van der Waals surface area contributed by atoms with Gasteiger partial charge in [-0.05, 0) is 29.7 Å². The van der Waals surface area contributed by atoms with Crippen molar-refractivity contribution in [2.45, 2.75) is 45.7 Å². The zero-order valence-corrected chi connectivity index (χ0v) is 16.7. The van der Waals surface area contributed by atoms with E-state index in [4.69, 9.17) is 11.6 Å². The van der Waals surface area contributed by atoms with Crippen molar-refractivity contribution in [3.05, 3.63) is 70.7 Å². The van der Waals surface area contributed by atoms with Crippen LogP contribution in [-0.2, 0) is 16.1 Å². The molecule has 2 aromatic rings. The van der Waals surface area contributed by atoms with Crippen molar-refractivity contribution in [1.82, 2.24) is 10.2 Å². The maximum Gasteiger partial charge on any atom is 0.247 e. The second-order valence-corrected chi connectivity index (χ2v) is 7.02. The molecular weight excluding hydrogens is 360 g/mol. The number of rotatable bonds is 9. The van der Waals surface area contributed by atoms with E-state index in [1.54, 1.807) is 17.0 Å². The number of carbonyl (C=O) groups excluding carboxylic acids is 2. The summed E-state index contributed by atoms with van der Waals surface area (Å²) in [5.74, 6) is -0.302. The molecular formula is C22H27ClN2O2. The van der Waals surface area contributed by atoms with Gasteiger partial charge in [0, 0.05) is 25.0 Å². The van der Waals surface area contributed by atoms with Gasteiger partial charge in [0.15, 0.2) is 0 Å². The van der Waals surface area contributed by atoms with E-state index in [2.05, 4.69) is 12.2 Å². The summed E-state index contributed by atoms with van der Waals surface area (Å²) in [5.41, 5.74) is 1.73. The Morgan fingerprint density at radius 2 is 1.70 bits per heavy atom. The molecule has 0 aliphatic carbocycles. The Labute approximate surface area is 166 Å². The first-order chi connectivity index (χ1) is 13.0. The molecule has 27 heavy (non-hydrogen) atoms.